The molecule has 98 valence electrons. The first-order chi connectivity index (χ1) is 8.54. The molecule has 1 rings (SSSR count). The Hall–Kier alpha value is -2.28. The second-order valence-corrected chi connectivity index (χ2v) is 3.49. The van der Waals surface area contributed by atoms with Crippen LogP contribution in [0.2, 0.25) is 0 Å². The molecule has 0 unspecified atom stereocenters. The Morgan fingerprint density at radius 1 is 1.33 bits per heavy atom. The number of hydrogen-bond acceptors (Lipinski definition) is 5. The van der Waals surface area contributed by atoms with Crippen LogP contribution < -0.4 is 16.2 Å². The van der Waals surface area contributed by atoms with Gasteiger partial charge in [-0.15, -0.1) is 5.12 Å². The summed E-state index contributed by atoms with van der Waals surface area (Å²) >= 11 is 0. The highest BCUT2D eigenvalue weighted by Gasteiger charge is 2.17. The standard InChI is InChI=1S/C11H16N4O3/c1-14(9-6-4-3-5-7-9)15(8-10(12)16)13-11(17)18-2/h3-7H,8H2,1-2H3,(H2,12,16)(H,13,17). The molecule has 1 aromatic rings. The minimum atomic E-state index is -0.681. The van der Waals surface area contributed by atoms with E-state index in [4.69, 9.17) is 5.73 Å². The molecule has 0 heterocycles. The normalized spacial score (nSPS) is 9.94. The second kappa shape index (κ2) is 6.45. The molecule has 0 atom stereocenters. The smallest absolute Gasteiger partial charge is 0.422 e. The van der Waals surface area contributed by atoms with E-state index >= 15 is 0 Å². The third-order valence-corrected chi connectivity index (χ3v) is 2.20. The molecule has 0 aliphatic carbocycles. The first kappa shape index (κ1) is 13.8. The predicted molar refractivity (Wildman–Crippen MR) is 66.3 cm³/mol. The van der Waals surface area contributed by atoms with Gasteiger partial charge in [-0.2, -0.15) is 0 Å². The fourth-order valence-corrected chi connectivity index (χ4v) is 1.30. The van der Waals surface area contributed by atoms with Crippen LogP contribution in [0.15, 0.2) is 30.3 Å². The van der Waals surface area contributed by atoms with Gasteiger partial charge in [-0.3, -0.25) is 9.80 Å². The van der Waals surface area contributed by atoms with Crippen molar-refractivity contribution in [2.75, 3.05) is 25.7 Å². The van der Waals surface area contributed by atoms with Crippen molar-refractivity contribution >= 4 is 17.7 Å². The molecule has 18 heavy (non-hydrogen) atoms. The number of nitrogens with two attached hydrogens (primary N) is 1. The molecule has 7 nitrogen and oxygen atoms in total. The molecule has 0 aliphatic heterocycles. The Labute approximate surface area is 105 Å². The minimum Gasteiger partial charge on any atom is -0.452 e. The van der Waals surface area contributed by atoms with E-state index in [1.807, 2.05) is 30.3 Å². The zero-order valence-corrected chi connectivity index (χ0v) is 10.3. The third kappa shape index (κ3) is 3.95. The van der Waals surface area contributed by atoms with Gasteiger partial charge >= 0.3 is 6.09 Å². The van der Waals surface area contributed by atoms with Crippen LogP contribution in [0.3, 0.4) is 0 Å². The summed E-state index contributed by atoms with van der Waals surface area (Å²) in [6.45, 7) is -0.166. The summed E-state index contributed by atoms with van der Waals surface area (Å²) in [5.74, 6) is -0.575. The van der Waals surface area contributed by atoms with E-state index < -0.39 is 12.0 Å². The lowest BCUT2D eigenvalue weighted by Crippen LogP contribution is -2.54. The number of anilines is 1. The summed E-state index contributed by atoms with van der Waals surface area (Å²) in [5, 5.41) is 2.85. The van der Waals surface area contributed by atoms with Crippen LogP contribution in [0.4, 0.5) is 10.5 Å². The number of nitrogens with one attached hydrogen (secondary N) is 1. The molecule has 0 fully saturated rings. The highest BCUT2D eigenvalue weighted by Crippen LogP contribution is 2.12. The molecule has 0 radical (unpaired) electrons. The first-order valence-electron chi connectivity index (χ1n) is 5.23. The number of ether oxygens (including phenoxy) is 1. The molecule has 3 N–H and O–H groups in total. The van der Waals surface area contributed by atoms with Crippen molar-refractivity contribution in [3.8, 4) is 0 Å². The summed E-state index contributed by atoms with van der Waals surface area (Å²) in [5.41, 5.74) is 8.31. The van der Waals surface area contributed by atoms with Crippen LogP contribution in [0.1, 0.15) is 0 Å². The van der Waals surface area contributed by atoms with Gasteiger partial charge in [0.1, 0.15) is 6.54 Å². The molecular formula is C11H16N4O3. The van der Waals surface area contributed by atoms with E-state index in [2.05, 4.69) is 10.2 Å². The molecule has 7 heteroatoms. The lowest BCUT2D eigenvalue weighted by Gasteiger charge is -2.31. The van der Waals surface area contributed by atoms with Crippen molar-refractivity contribution in [1.29, 1.82) is 0 Å². The van der Waals surface area contributed by atoms with Gasteiger partial charge in [0, 0.05) is 7.05 Å². The molecule has 0 spiro atoms. The number of methoxy groups -OCH3 is 1. The highest BCUT2D eigenvalue weighted by atomic mass is 16.5. The van der Waals surface area contributed by atoms with E-state index in [0.717, 1.165) is 5.69 Å². The van der Waals surface area contributed by atoms with Gasteiger partial charge in [-0.1, -0.05) is 18.2 Å². The topological polar surface area (TPSA) is 87.9 Å². The van der Waals surface area contributed by atoms with Crippen molar-refractivity contribution in [2.24, 2.45) is 5.73 Å². The number of para-hydroxylation sites is 1. The van der Waals surface area contributed by atoms with Gasteiger partial charge in [0.2, 0.25) is 5.91 Å². The average Bonchev–Trinajstić information content (AvgIpc) is 2.37. The number of nitrogens with zero attached hydrogens (tertiary/aromatic N) is 2. The van der Waals surface area contributed by atoms with E-state index in [0.29, 0.717) is 0 Å². The zero-order chi connectivity index (χ0) is 13.5. The monoisotopic (exact) mass is 252 g/mol. The van der Waals surface area contributed by atoms with Crippen molar-refractivity contribution < 1.29 is 14.3 Å². The largest absolute Gasteiger partial charge is 0.452 e. The zero-order valence-electron chi connectivity index (χ0n) is 10.3. The Morgan fingerprint density at radius 2 is 1.94 bits per heavy atom. The van der Waals surface area contributed by atoms with E-state index in [1.54, 1.807) is 12.1 Å². The Bertz CT molecular complexity index is 410. The number of hydrogen-bond donors (Lipinski definition) is 2. The summed E-state index contributed by atoms with van der Waals surface area (Å²) in [6, 6.07) is 9.20. The van der Waals surface area contributed by atoms with Crippen LogP contribution in [-0.2, 0) is 9.53 Å². The summed E-state index contributed by atoms with van der Waals surface area (Å²) in [6.07, 6.45) is -0.681. The number of carbonyl (C=O) groups is 2. The maximum atomic E-state index is 11.2. The fourth-order valence-electron chi connectivity index (χ4n) is 1.30. The summed E-state index contributed by atoms with van der Waals surface area (Å²) in [7, 11) is 2.93. The third-order valence-electron chi connectivity index (χ3n) is 2.20. The molecular weight excluding hydrogens is 236 g/mol. The Morgan fingerprint density at radius 3 is 2.44 bits per heavy atom. The number of rotatable bonds is 5. The van der Waals surface area contributed by atoms with Crippen molar-refractivity contribution in [3.63, 3.8) is 0 Å². The van der Waals surface area contributed by atoms with Crippen molar-refractivity contribution in [3.05, 3.63) is 30.3 Å². The number of amides is 2. The van der Waals surface area contributed by atoms with Gasteiger partial charge < -0.3 is 10.5 Å². The van der Waals surface area contributed by atoms with Crippen molar-refractivity contribution in [1.82, 2.24) is 10.5 Å². The molecule has 0 aliphatic rings. The van der Waals surface area contributed by atoms with Crippen LogP contribution in [0, 0.1) is 0 Å². The van der Waals surface area contributed by atoms with E-state index in [-0.39, 0.29) is 6.54 Å². The van der Waals surface area contributed by atoms with Crippen LogP contribution in [0.25, 0.3) is 0 Å². The van der Waals surface area contributed by atoms with Gasteiger partial charge in [-0.25, -0.2) is 10.2 Å². The quantitative estimate of drug-likeness (QED) is 0.725. The van der Waals surface area contributed by atoms with Gasteiger partial charge in [0.15, 0.2) is 0 Å². The number of benzene rings is 1. The maximum Gasteiger partial charge on any atom is 0.422 e. The molecule has 0 aromatic heterocycles. The maximum absolute atomic E-state index is 11.2. The molecule has 1 aromatic carbocycles. The fraction of sp³-hybridized carbons (Fsp3) is 0.273. The minimum absolute atomic E-state index is 0.166. The SMILES string of the molecule is COC(=O)NN(CC(N)=O)N(C)c1ccccc1. The van der Waals surface area contributed by atoms with Gasteiger partial charge in [0.25, 0.3) is 0 Å². The highest BCUT2D eigenvalue weighted by molar-refractivity contribution is 5.77. The lowest BCUT2D eigenvalue weighted by molar-refractivity contribution is -0.119. The first-order valence-corrected chi connectivity index (χ1v) is 5.23. The van der Waals surface area contributed by atoms with Crippen LogP contribution >= 0.6 is 0 Å². The van der Waals surface area contributed by atoms with Crippen LogP contribution in [-0.4, -0.2) is 37.8 Å². The summed E-state index contributed by atoms with van der Waals surface area (Å²) in [4.78, 5) is 22.2. The molecule has 0 saturated carbocycles. The van der Waals surface area contributed by atoms with E-state index in [9.17, 15) is 9.59 Å². The Kier molecular flexibility index (Phi) is 4.94. The number of hydrazine groups is 2. The number of primary amides is 1. The number of carbonyl (C=O) groups excluding carboxylic acids is 2. The summed E-state index contributed by atoms with van der Waals surface area (Å²) < 4.78 is 4.48. The van der Waals surface area contributed by atoms with E-state index in [1.165, 1.54) is 12.2 Å². The van der Waals surface area contributed by atoms with Crippen LogP contribution in [0.5, 0.6) is 0 Å². The Balaban J connectivity index is 2.81. The predicted octanol–water partition coefficient (Wildman–Crippen LogP) is 0.0961. The average molecular weight is 252 g/mol. The molecule has 2 amide bonds. The molecule has 0 saturated heterocycles. The second-order valence-electron chi connectivity index (χ2n) is 3.49. The van der Waals surface area contributed by atoms with Crippen molar-refractivity contribution in [2.45, 2.75) is 0 Å². The van der Waals surface area contributed by atoms with Gasteiger partial charge in [0.05, 0.1) is 12.8 Å². The molecule has 0 bridgehead atoms. The lowest BCUT2D eigenvalue weighted by atomic mass is 10.3. The van der Waals surface area contributed by atoms with Gasteiger partial charge in [-0.05, 0) is 12.1 Å².